The van der Waals surface area contributed by atoms with Crippen LogP contribution in [0.3, 0.4) is 0 Å². The van der Waals surface area contributed by atoms with E-state index < -0.39 is 0 Å². The first-order valence-electron chi connectivity index (χ1n) is 5.37. The third kappa shape index (κ3) is 1.17. The summed E-state index contributed by atoms with van der Waals surface area (Å²) >= 11 is 0. The molecule has 0 spiro atoms. The van der Waals surface area contributed by atoms with Crippen LogP contribution in [0, 0.1) is 17.3 Å². The van der Waals surface area contributed by atoms with Crippen LogP contribution in [0.5, 0.6) is 0 Å². The molecule has 13 heavy (non-hydrogen) atoms. The monoisotopic (exact) mass is 180 g/mol. The standard InChI is InChI=1S/C12H20O/c1-5-13-11-6-8(2)9-7-10(11)12(9,3)4/h6,9-11H,5,7H2,1-4H3/t9-,10+,11?/m0/s1. The second-order valence-corrected chi connectivity index (χ2v) is 5.05. The van der Waals surface area contributed by atoms with E-state index in [0.717, 1.165) is 18.4 Å². The highest BCUT2D eigenvalue weighted by Gasteiger charge is 2.54. The summed E-state index contributed by atoms with van der Waals surface area (Å²) in [5.74, 6) is 1.59. The molecule has 0 aliphatic heterocycles. The van der Waals surface area contributed by atoms with Gasteiger partial charge in [-0.2, -0.15) is 0 Å². The molecule has 3 atom stereocenters. The Morgan fingerprint density at radius 2 is 2.23 bits per heavy atom. The van der Waals surface area contributed by atoms with E-state index in [1.807, 2.05) is 0 Å². The normalized spacial score (nSPS) is 40.9. The number of allylic oxidation sites excluding steroid dienone is 1. The van der Waals surface area contributed by atoms with Crippen LogP contribution in [-0.4, -0.2) is 12.7 Å². The minimum absolute atomic E-state index is 0.394. The predicted octanol–water partition coefficient (Wildman–Crippen LogP) is 3.01. The van der Waals surface area contributed by atoms with E-state index in [4.69, 9.17) is 4.74 Å². The average molecular weight is 180 g/mol. The van der Waals surface area contributed by atoms with Crippen molar-refractivity contribution >= 4 is 0 Å². The Hall–Kier alpha value is -0.300. The number of fused-ring (bicyclic) bond motifs is 1. The fourth-order valence-electron chi connectivity index (χ4n) is 3.14. The summed E-state index contributed by atoms with van der Waals surface area (Å²) in [6, 6.07) is 0. The molecule has 0 aromatic carbocycles. The number of rotatable bonds is 2. The minimum atomic E-state index is 0.394. The molecule has 1 fully saturated rings. The predicted molar refractivity (Wildman–Crippen MR) is 54.5 cm³/mol. The summed E-state index contributed by atoms with van der Waals surface area (Å²) < 4.78 is 5.76. The lowest BCUT2D eigenvalue weighted by atomic mass is 9.48. The van der Waals surface area contributed by atoms with Crippen LogP contribution in [0.25, 0.3) is 0 Å². The molecular formula is C12H20O. The molecule has 0 heterocycles. The fraction of sp³-hybridized carbons (Fsp3) is 0.833. The van der Waals surface area contributed by atoms with Gasteiger partial charge in [0.25, 0.3) is 0 Å². The molecule has 3 aliphatic carbocycles. The maximum absolute atomic E-state index is 5.76. The lowest BCUT2D eigenvalue weighted by molar-refractivity contribution is -0.100. The van der Waals surface area contributed by atoms with Crippen molar-refractivity contribution in [3.63, 3.8) is 0 Å². The molecule has 1 saturated carbocycles. The summed E-state index contributed by atoms with van der Waals surface area (Å²) in [5.41, 5.74) is 2.03. The van der Waals surface area contributed by atoms with E-state index in [2.05, 4.69) is 33.8 Å². The third-order valence-electron chi connectivity index (χ3n) is 4.08. The zero-order valence-electron chi connectivity index (χ0n) is 9.13. The third-order valence-corrected chi connectivity index (χ3v) is 4.08. The maximum atomic E-state index is 5.76. The van der Waals surface area contributed by atoms with Crippen molar-refractivity contribution in [1.82, 2.24) is 0 Å². The Kier molecular flexibility index (Phi) is 2.03. The van der Waals surface area contributed by atoms with Crippen molar-refractivity contribution in [3.8, 4) is 0 Å². The molecule has 3 aliphatic rings. The molecule has 0 saturated heterocycles. The highest BCUT2D eigenvalue weighted by Crippen LogP contribution is 2.59. The zero-order chi connectivity index (χ0) is 9.64. The van der Waals surface area contributed by atoms with Crippen molar-refractivity contribution in [2.75, 3.05) is 6.61 Å². The van der Waals surface area contributed by atoms with Crippen LogP contribution in [0.4, 0.5) is 0 Å². The maximum Gasteiger partial charge on any atom is 0.0791 e. The van der Waals surface area contributed by atoms with E-state index in [9.17, 15) is 0 Å². The summed E-state index contributed by atoms with van der Waals surface area (Å²) in [6.45, 7) is 9.95. The molecule has 0 radical (unpaired) electrons. The molecule has 1 heteroatoms. The minimum Gasteiger partial charge on any atom is -0.374 e. The van der Waals surface area contributed by atoms with Gasteiger partial charge in [-0.1, -0.05) is 25.5 Å². The summed E-state index contributed by atoms with van der Waals surface area (Å²) in [6.07, 6.45) is 4.08. The molecule has 0 aromatic heterocycles. The molecule has 0 aromatic rings. The molecule has 0 N–H and O–H groups in total. The van der Waals surface area contributed by atoms with Gasteiger partial charge in [-0.3, -0.25) is 0 Å². The van der Waals surface area contributed by atoms with Gasteiger partial charge in [0.05, 0.1) is 6.10 Å². The number of hydrogen-bond acceptors (Lipinski definition) is 1. The first kappa shape index (κ1) is 9.26. The highest BCUT2D eigenvalue weighted by atomic mass is 16.5. The Morgan fingerprint density at radius 3 is 2.69 bits per heavy atom. The van der Waals surface area contributed by atoms with Crippen molar-refractivity contribution in [3.05, 3.63) is 11.6 Å². The van der Waals surface area contributed by atoms with Crippen molar-refractivity contribution in [2.45, 2.75) is 40.2 Å². The van der Waals surface area contributed by atoms with Gasteiger partial charge in [0.15, 0.2) is 0 Å². The quantitative estimate of drug-likeness (QED) is 0.593. The fourth-order valence-corrected chi connectivity index (χ4v) is 3.14. The summed E-state index contributed by atoms with van der Waals surface area (Å²) in [5, 5.41) is 0. The molecule has 74 valence electrons. The Labute approximate surface area is 81.2 Å². The van der Waals surface area contributed by atoms with E-state index >= 15 is 0 Å². The lowest BCUT2D eigenvalue weighted by Crippen LogP contribution is -2.54. The van der Waals surface area contributed by atoms with Crippen molar-refractivity contribution < 1.29 is 4.74 Å². The van der Waals surface area contributed by atoms with Gasteiger partial charge < -0.3 is 4.74 Å². The Balaban J connectivity index is 2.20. The second kappa shape index (κ2) is 2.84. The van der Waals surface area contributed by atoms with Gasteiger partial charge in [0.2, 0.25) is 0 Å². The largest absolute Gasteiger partial charge is 0.374 e. The smallest absolute Gasteiger partial charge is 0.0791 e. The molecule has 2 bridgehead atoms. The Bertz CT molecular complexity index is 240. The van der Waals surface area contributed by atoms with Gasteiger partial charge in [0, 0.05) is 6.61 Å². The second-order valence-electron chi connectivity index (χ2n) is 5.05. The topological polar surface area (TPSA) is 9.23 Å². The zero-order valence-corrected chi connectivity index (χ0v) is 9.13. The van der Waals surface area contributed by atoms with E-state index in [1.165, 1.54) is 6.42 Å². The van der Waals surface area contributed by atoms with Crippen LogP contribution in [-0.2, 0) is 4.74 Å². The highest BCUT2D eigenvalue weighted by molar-refractivity contribution is 5.25. The van der Waals surface area contributed by atoms with Gasteiger partial charge in [-0.05, 0) is 37.5 Å². The number of hydrogen-bond donors (Lipinski definition) is 0. The molecule has 1 nitrogen and oxygen atoms in total. The molecule has 0 amide bonds. The van der Waals surface area contributed by atoms with Gasteiger partial charge in [-0.25, -0.2) is 0 Å². The SMILES string of the molecule is CCOC1C=C(C)[C@@H]2C[C@H]1C2(C)C. The number of ether oxygens (including phenoxy) is 1. The first-order chi connectivity index (χ1) is 6.07. The lowest BCUT2D eigenvalue weighted by Gasteiger charge is -2.58. The van der Waals surface area contributed by atoms with Crippen molar-refractivity contribution in [1.29, 1.82) is 0 Å². The van der Waals surface area contributed by atoms with E-state index in [1.54, 1.807) is 5.57 Å². The summed E-state index contributed by atoms with van der Waals surface area (Å²) in [4.78, 5) is 0. The van der Waals surface area contributed by atoms with Crippen LogP contribution >= 0.6 is 0 Å². The molecular weight excluding hydrogens is 160 g/mol. The van der Waals surface area contributed by atoms with Crippen LogP contribution < -0.4 is 0 Å². The van der Waals surface area contributed by atoms with Gasteiger partial charge in [0.1, 0.15) is 0 Å². The molecule has 3 rings (SSSR count). The average Bonchev–Trinajstić information content (AvgIpc) is 2.03. The molecule has 1 unspecified atom stereocenters. The van der Waals surface area contributed by atoms with Crippen molar-refractivity contribution in [2.24, 2.45) is 17.3 Å². The van der Waals surface area contributed by atoms with E-state index in [0.29, 0.717) is 11.5 Å². The van der Waals surface area contributed by atoms with E-state index in [-0.39, 0.29) is 0 Å². The van der Waals surface area contributed by atoms with Crippen LogP contribution in [0.1, 0.15) is 34.1 Å². The summed E-state index contributed by atoms with van der Waals surface area (Å²) in [7, 11) is 0. The van der Waals surface area contributed by atoms with Gasteiger partial charge >= 0.3 is 0 Å². The van der Waals surface area contributed by atoms with Crippen LogP contribution in [0.2, 0.25) is 0 Å². The van der Waals surface area contributed by atoms with Gasteiger partial charge in [-0.15, -0.1) is 0 Å². The Morgan fingerprint density at radius 1 is 1.54 bits per heavy atom. The van der Waals surface area contributed by atoms with Crippen LogP contribution in [0.15, 0.2) is 11.6 Å². The first-order valence-corrected chi connectivity index (χ1v) is 5.37.